The first-order valence-corrected chi connectivity index (χ1v) is 10.4. The molecule has 1 aromatic rings. The van der Waals surface area contributed by atoms with Crippen LogP contribution in [0.15, 0.2) is 24.3 Å². The van der Waals surface area contributed by atoms with E-state index in [-0.39, 0.29) is 35.6 Å². The number of unbranched alkanes of at least 4 members (excludes halogenated alkanes) is 2. The molecule has 1 fully saturated rings. The first kappa shape index (κ1) is 18.9. The van der Waals surface area contributed by atoms with E-state index in [0.29, 0.717) is 19.5 Å². The molecule has 0 bridgehead atoms. The van der Waals surface area contributed by atoms with E-state index in [1.54, 1.807) is 17.0 Å². The average molecular weight is 355 g/mol. The van der Waals surface area contributed by atoms with E-state index in [2.05, 4.69) is 6.92 Å². The molecule has 1 atom stereocenters. The molecule has 1 aliphatic heterocycles. The molecule has 4 nitrogen and oxygen atoms in total. The number of sulfone groups is 1. The van der Waals surface area contributed by atoms with Crippen molar-refractivity contribution in [3.8, 4) is 0 Å². The number of rotatable bonds is 8. The Balaban J connectivity index is 1.98. The number of nitrogens with zero attached hydrogens (tertiary/aromatic N) is 1. The summed E-state index contributed by atoms with van der Waals surface area (Å²) in [6.07, 6.45) is 3.90. The first-order valence-electron chi connectivity index (χ1n) is 8.62. The Labute approximate surface area is 144 Å². The molecular weight excluding hydrogens is 329 g/mol. The van der Waals surface area contributed by atoms with Gasteiger partial charge in [-0.2, -0.15) is 0 Å². The van der Waals surface area contributed by atoms with E-state index >= 15 is 0 Å². The Morgan fingerprint density at radius 3 is 2.54 bits per heavy atom. The molecule has 1 unspecified atom stereocenters. The molecule has 0 aromatic heterocycles. The number of carbonyl (C=O) groups is 1. The lowest BCUT2D eigenvalue weighted by molar-refractivity contribution is -0.132. The molecular formula is C18H26FNO3S. The monoisotopic (exact) mass is 355 g/mol. The second kappa shape index (κ2) is 8.60. The summed E-state index contributed by atoms with van der Waals surface area (Å²) >= 11 is 0. The van der Waals surface area contributed by atoms with Crippen molar-refractivity contribution < 1.29 is 17.6 Å². The Morgan fingerprint density at radius 1 is 1.25 bits per heavy atom. The maximum absolute atomic E-state index is 13.0. The highest BCUT2D eigenvalue weighted by Gasteiger charge is 2.30. The van der Waals surface area contributed by atoms with Gasteiger partial charge in [0.15, 0.2) is 9.84 Å². The molecule has 134 valence electrons. The molecule has 6 heteroatoms. The topological polar surface area (TPSA) is 54.5 Å². The summed E-state index contributed by atoms with van der Waals surface area (Å²) in [6.45, 7) is 3.21. The van der Waals surface area contributed by atoms with Gasteiger partial charge in [0.1, 0.15) is 5.82 Å². The van der Waals surface area contributed by atoms with Crippen molar-refractivity contribution in [2.45, 2.75) is 45.6 Å². The SMILES string of the molecule is CCCCCN(Cc1ccc(F)cc1)C(=O)CC1CCS(=O)(=O)C1. The van der Waals surface area contributed by atoms with Crippen molar-refractivity contribution in [3.05, 3.63) is 35.6 Å². The number of hydrogen-bond acceptors (Lipinski definition) is 3. The van der Waals surface area contributed by atoms with Crippen molar-refractivity contribution in [1.29, 1.82) is 0 Å². The molecule has 1 aliphatic rings. The van der Waals surface area contributed by atoms with E-state index in [0.717, 1.165) is 24.8 Å². The minimum atomic E-state index is -2.96. The summed E-state index contributed by atoms with van der Waals surface area (Å²) in [7, 11) is -2.96. The predicted molar refractivity (Wildman–Crippen MR) is 92.7 cm³/mol. The summed E-state index contributed by atoms with van der Waals surface area (Å²) in [5, 5.41) is 0. The third-order valence-corrected chi connectivity index (χ3v) is 6.30. The molecule has 0 spiro atoms. The second-order valence-corrected chi connectivity index (χ2v) is 8.85. The van der Waals surface area contributed by atoms with Crippen LogP contribution in [0.5, 0.6) is 0 Å². The second-order valence-electron chi connectivity index (χ2n) is 6.62. The van der Waals surface area contributed by atoms with Gasteiger partial charge in [0.25, 0.3) is 0 Å². The van der Waals surface area contributed by atoms with Crippen molar-refractivity contribution in [1.82, 2.24) is 4.90 Å². The van der Waals surface area contributed by atoms with Crippen LogP contribution in [-0.4, -0.2) is 37.3 Å². The fourth-order valence-electron chi connectivity index (χ4n) is 3.06. The van der Waals surface area contributed by atoms with Gasteiger partial charge < -0.3 is 4.90 Å². The van der Waals surface area contributed by atoms with Gasteiger partial charge in [0.05, 0.1) is 11.5 Å². The van der Waals surface area contributed by atoms with Crippen molar-refractivity contribution >= 4 is 15.7 Å². The van der Waals surface area contributed by atoms with Gasteiger partial charge >= 0.3 is 0 Å². The van der Waals surface area contributed by atoms with Gasteiger partial charge in [-0.1, -0.05) is 31.9 Å². The largest absolute Gasteiger partial charge is 0.338 e. The van der Waals surface area contributed by atoms with Gasteiger partial charge in [-0.25, -0.2) is 12.8 Å². The van der Waals surface area contributed by atoms with Gasteiger partial charge in [-0.05, 0) is 36.5 Å². The molecule has 1 heterocycles. The highest BCUT2D eigenvalue weighted by Crippen LogP contribution is 2.23. The molecule has 0 saturated carbocycles. The quantitative estimate of drug-likeness (QED) is 0.673. The fraction of sp³-hybridized carbons (Fsp3) is 0.611. The van der Waals surface area contributed by atoms with Crippen LogP contribution in [0.4, 0.5) is 4.39 Å². The first-order chi connectivity index (χ1) is 11.4. The van der Waals surface area contributed by atoms with Crippen LogP contribution in [0, 0.1) is 11.7 Å². The van der Waals surface area contributed by atoms with Crippen molar-refractivity contribution in [3.63, 3.8) is 0 Å². The lowest BCUT2D eigenvalue weighted by Crippen LogP contribution is -2.33. The highest BCUT2D eigenvalue weighted by molar-refractivity contribution is 7.91. The molecule has 1 aromatic carbocycles. The van der Waals surface area contributed by atoms with E-state index < -0.39 is 9.84 Å². The fourth-order valence-corrected chi connectivity index (χ4v) is 4.93. The van der Waals surface area contributed by atoms with E-state index in [1.165, 1.54) is 12.1 Å². The van der Waals surface area contributed by atoms with Crippen LogP contribution < -0.4 is 0 Å². The van der Waals surface area contributed by atoms with Gasteiger partial charge in [0.2, 0.25) is 5.91 Å². The third kappa shape index (κ3) is 5.89. The Hall–Kier alpha value is -1.43. The Morgan fingerprint density at radius 2 is 1.96 bits per heavy atom. The van der Waals surface area contributed by atoms with Gasteiger partial charge in [0, 0.05) is 19.5 Å². The molecule has 1 saturated heterocycles. The summed E-state index contributed by atoms with van der Waals surface area (Å²) in [5.74, 6) is -0.0442. The van der Waals surface area contributed by atoms with Crippen LogP contribution >= 0.6 is 0 Å². The van der Waals surface area contributed by atoms with E-state index in [9.17, 15) is 17.6 Å². The lowest BCUT2D eigenvalue weighted by Gasteiger charge is -2.24. The maximum atomic E-state index is 13.0. The molecule has 24 heavy (non-hydrogen) atoms. The molecule has 0 radical (unpaired) electrons. The van der Waals surface area contributed by atoms with Crippen LogP contribution in [0.25, 0.3) is 0 Å². The average Bonchev–Trinajstić information content (AvgIpc) is 2.87. The van der Waals surface area contributed by atoms with Crippen LogP contribution in [0.3, 0.4) is 0 Å². The molecule has 0 aliphatic carbocycles. The normalized spacial score (nSPS) is 19.3. The standard InChI is InChI=1S/C18H26FNO3S/c1-2-3-4-10-20(13-15-5-7-17(19)8-6-15)18(21)12-16-9-11-24(22,23)14-16/h5-8,16H,2-4,9-14H2,1H3. The molecule has 1 amide bonds. The minimum absolute atomic E-state index is 0.00229. The Bertz CT molecular complexity index is 643. The van der Waals surface area contributed by atoms with E-state index in [1.807, 2.05) is 0 Å². The zero-order valence-corrected chi connectivity index (χ0v) is 15.0. The summed E-state index contributed by atoms with van der Waals surface area (Å²) in [6, 6.07) is 6.17. The predicted octanol–water partition coefficient (Wildman–Crippen LogP) is 3.17. The van der Waals surface area contributed by atoms with Crippen LogP contribution in [-0.2, 0) is 21.2 Å². The van der Waals surface area contributed by atoms with Crippen molar-refractivity contribution in [2.24, 2.45) is 5.92 Å². The maximum Gasteiger partial charge on any atom is 0.223 e. The van der Waals surface area contributed by atoms with Crippen LogP contribution in [0.2, 0.25) is 0 Å². The number of halogens is 1. The van der Waals surface area contributed by atoms with Gasteiger partial charge in [-0.15, -0.1) is 0 Å². The Kier molecular flexibility index (Phi) is 6.78. The summed E-state index contributed by atoms with van der Waals surface area (Å²) in [5.41, 5.74) is 0.889. The smallest absolute Gasteiger partial charge is 0.223 e. The zero-order chi connectivity index (χ0) is 17.6. The number of hydrogen-bond donors (Lipinski definition) is 0. The lowest BCUT2D eigenvalue weighted by atomic mass is 10.0. The third-order valence-electron chi connectivity index (χ3n) is 4.46. The van der Waals surface area contributed by atoms with E-state index in [4.69, 9.17) is 0 Å². The number of benzene rings is 1. The number of carbonyl (C=O) groups excluding carboxylic acids is 1. The molecule has 2 rings (SSSR count). The summed E-state index contributed by atoms with van der Waals surface area (Å²) < 4.78 is 36.2. The van der Waals surface area contributed by atoms with Gasteiger partial charge in [-0.3, -0.25) is 4.79 Å². The highest BCUT2D eigenvalue weighted by atomic mass is 32.2. The zero-order valence-electron chi connectivity index (χ0n) is 14.2. The number of amides is 1. The van der Waals surface area contributed by atoms with Crippen LogP contribution in [0.1, 0.15) is 44.6 Å². The molecule has 0 N–H and O–H groups in total. The minimum Gasteiger partial charge on any atom is -0.338 e. The summed E-state index contributed by atoms with van der Waals surface area (Å²) in [4.78, 5) is 14.4. The van der Waals surface area contributed by atoms with Crippen molar-refractivity contribution in [2.75, 3.05) is 18.1 Å².